The average Bonchev–Trinajstić information content (AvgIpc) is 2.45. The van der Waals surface area contributed by atoms with E-state index in [-0.39, 0.29) is 0 Å². The second-order valence-corrected chi connectivity index (χ2v) is 4.90. The first kappa shape index (κ1) is 16.1. The Balaban J connectivity index is 0.000000200. The van der Waals surface area contributed by atoms with Crippen molar-refractivity contribution in [2.45, 2.75) is 27.7 Å². The molecular formula is C18H24O2. The number of rotatable bonds is 2. The Kier molecular flexibility index (Phi) is 6.10. The highest BCUT2D eigenvalue weighted by Gasteiger charge is 1.94. The summed E-state index contributed by atoms with van der Waals surface area (Å²) in [7, 11) is 3.37. The van der Waals surface area contributed by atoms with Crippen molar-refractivity contribution in [3.63, 3.8) is 0 Å². The van der Waals surface area contributed by atoms with Crippen molar-refractivity contribution >= 4 is 0 Å². The van der Waals surface area contributed by atoms with Crippen LogP contribution >= 0.6 is 0 Å². The van der Waals surface area contributed by atoms with Gasteiger partial charge in [-0.05, 0) is 74.2 Å². The van der Waals surface area contributed by atoms with E-state index in [0.29, 0.717) is 0 Å². The van der Waals surface area contributed by atoms with Crippen LogP contribution in [0, 0.1) is 27.7 Å². The Morgan fingerprint density at radius 3 is 1.15 bits per heavy atom. The van der Waals surface area contributed by atoms with E-state index in [2.05, 4.69) is 39.8 Å². The number of hydrogen-bond donors (Lipinski definition) is 0. The maximum absolute atomic E-state index is 5.05. The van der Waals surface area contributed by atoms with Crippen LogP contribution in [0.4, 0.5) is 0 Å². The number of hydrogen-bond acceptors (Lipinski definition) is 2. The minimum atomic E-state index is 0.933. The van der Waals surface area contributed by atoms with Gasteiger partial charge in [-0.25, -0.2) is 0 Å². The van der Waals surface area contributed by atoms with E-state index >= 15 is 0 Å². The minimum Gasteiger partial charge on any atom is -0.497 e. The fourth-order valence-electron chi connectivity index (χ4n) is 1.68. The molecule has 0 spiro atoms. The van der Waals surface area contributed by atoms with Crippen LogP contribution in [-0.4, -0.2) is 14.2 Å². The lowest BCUT2D eigenvalue weighted by Gasteiger charge is -2.02. The van der Waals surface area contributed by atoms with Crippen LogP contribution in [0.5, 0.6) is 11.5 Å². The van der Waals surface area contributed by atoms with Crippen molar-refractivity contribution in [1.29, 1.82) is 0 Å². The molecular weight excluding hydrogens is 248 g/mol. The number of aryl methyl sites for hydroxylation is 4. The molecule has 2 rings (SSSR count). The van der Waals surface area contributed by atoms with E-state index in [1.807, 2.05) is 24.3 Å². The van der Waals surface area contributed by atoms with Crippen LogP contribution in [-0.2, 0) is 0 Å². The molecule has 0 radical (unpaired) electrons. The van der Waals surface area contributed by atoms with E-state index in [1.54, 1.807) is 14.2 Å². The van der Waals surface area contributed by atoms with Crippen LogP contribution in [0.1, 0.15) is 22.3 Å². The van der Waals surface area contributed by atoms with Gasteiger partial charge in [0.1, 0.15) is 11.5 Å². The highest BCUT2D eigenvalue weighted by Crippen LogP contribution is 2.15. The van der Waals surface area contributed by atoms with Crippen molar-refractivity contribution in [2.75, 3.05) is 14.2 Å². The maximum atomic E-state index is 5.05. The van der Waals surface area contributed by atoms with Crippen LogP contribution in [0.25, 0.3) is 0 Å². The minimum absolute atomic E-state index is 0.933. The van der Waals surface area contributed by atoms with Crippen molar-refractivity contribution in [1.82, 2.24) is 0 Å². The zero-order valence-electron chi connectivity index (χ0n) is 13.3. The third-order valence-electron chi connectivity index (χ3n) is 3.43. The van der Waals surface area contributed by atoms with Gasteiger partial charge in [0.05, 0.1) is 14.2 Å². The molecule has 0 saturated carbocycles. The highest BCUT2D eigenvalue weighted by atomic mass is 16.5. The molecule has 108 valence electrons. The molecule has 0 atom stereocenters. The van der Waals surface area contributed by atoms with E-state index < -0.39 is 0 Å². The van der Waals surface area contributed by atoms with Crippen molar-refractivity contribution < 1.29 is 9.47 Å². The summed E-state index contributed by atoms with van der Waals surface area (Å²) in [6, 6.07) is 12.2. The largest absolute Gasteiger partial charge is 0.497 e. The van der Waals surface area contributed by atoms with Gasteiger partial charge in [0.25, 0.3) is 0 Å². The normalized spacial score (nSPS) is 9.50. The molecule has 0 aromatic heterocycles. The van der Waals surface area contributed by atoms with Gasteiger partial charge in [-0.2, -0.15) is 0 Å². The molecule has 0 unspecified atom stereocenters. The Morgan fingerprint density at radius 1 is 0.550 bits per heavy atom. The first-order valence-corrected chi connectivity index (χ1v) is 6.70. The number of ether oxygens (including phenoxy) is 2. The molecule has 20 heavy (non-hydrogen) atoms. The van der Waals surface area contributed by atoms with Crippen molar-refractivity contribution in [3.8, 4) is 11.5 Å². The summed E-state index contributed by atoms with van der Waals surface area (Å²) in [6.07, 6.45) is 0. The standard InChI is InChI=1S/2C9H12O/c2*1-7-4-5-9(10-3)6-8(7)2/h2*4-6H,1-3H3. The molecule has 2 aromatic carbocycles. The summed E-state index contributed by atoms with van der Waals surface area (Å²) in [6.45, 7) is 8.35. The van der Waals surface area contributed by atoms with Crippen molar-refractivity contribution in [3.05, 3.63) is 58.7 Å². The molecule has 0 fully saturated rings. The zero-order valence-corrected chi connectivity index (χ0v) is 13.3. The van der Waals surface area contributed by atoms with Crippen LogP contribution in [0.3, 0.4) is 0 Å². The topological polar surface area (TPSA) is 18.5 Å². The summed E-state index contributed by atoms with van der Waals surface area (Å²) in [5, 5.41) is 0. The van der Waals surface area contributed by atoms with E-state index in [0.717, 1.165) is 11.5 Å². The Labute approximate surface area is 122 Å². The second-order valence-electron chi connectivity index (χ2n) is 4.90. The summed E-state index contributed by atoms with van der Waals surface area (Å²) in [5.41, 5.74) is 5.17. The summed E-state index contributed by atoms with van der Waals surface area (Å²) in [5.74, 6) is 1.87. The number of benzene rings is 2. The van der Waals surface area contributed by atoms with Gasteiger partial charge in [-0.1, -0.05) is 12.1 Å². The van der Waals surface area contributed by atoms with Crippen LogP contribution in [0.2, 0.25) is 0 Å². The first-order valence-electron chi connectivity index (χ1n) is 6.70. The fourth-order valence-corrected chi connectivity index (χ4v) is 1.68. The summed E-state index contributed by atoms with van der Waals surface area (Å²) < 4.78 is 10.1. The molecule has 0 aliphatic heterocycles. The number of methoxy groups -OCH3 is 2. The van der Waals surface area contributed by atoms with Gasteiger partial charge in [0.15, 0.2) is 0 Å². The van der Waals surface area contributed by atoms with Crippen LogP contribution in [0.15, 0.2) is 36.4 Å². The zero-order chi connectivity index (χ0) is 15.1. The molecule has 0 heterocycles. The van der Waals surface area contributed by atoms with E-state index in [4.69, 9.17) is 9.47 Å². The van der Waals surface area contributed by atoms with Gasteiger partial charge in [-0.3, -0.25) is 0 Å². The fraction of sp³-hybridized carbons (Fsp3) is 0.333. The molecule has 2 nitrogen and oxygen atoms in total. The maximum Gasteiger partial charge on any atom is 0.119 e. The van der Waals surface area contributed by atoms with Gasteiger partial charge in [0, 0.05) is 0 Å². The van der Waals surface area contributed by atoms with Gasteiger partial charge in [0.2, 0.25) is 0 Å². The predicted molar refractivity (Wildman–Crippen MR) is 84.9 cm³/mol. The Bertz CT molecular complexity index is 508. The second kappa shape index (κ2) is 7.59. The third-order valence-corrected chi connectivity index (χ3v) is 3.43. The lowest BCUT2D eigenvalue weighted by atomic mass is 10.1. The Hall–Kier alpha value is -1.96. The molecule has 2 heteroatoms. The molecule has 0 N–H and O–H groups in total. The molecule has 0 aliphatic rings. The SMILES string of the molecule is COc1ccc(C)c(C)c1.COc1ccc(C)c(C)c1. The third kappa shape index (κ3) is 4.61. The molecule has 0 amide bonds. The molecule has 2 aromatic rings. The first-order chi connectivity index (χ1) is 9.47. The molecule has 0 aliphatic carbocycles. The smallest absolute Gasteiger partial charge is 0.119 e. The Morgan fingerprint density at radius 2 is 0.900 bits per heavy atom. The highest BCUT2D eigenvalue weighted by molar-refractivity contribution is 5.34. The van der Waals surface area contributed by atoms with Gasteiger partial charge < -0.3 is 9.47 Å². The average molecular weight is 272 g/mol. The van der Waals surface area contributed by atoms with E-state index in [9.17, 15) is 0 Å². The van der Waals surface area contributed by atoms with Gasteiger partial charge >= 0.3 is 0 Å². The lowest BCUT2D eigenvalue weighted by Crippen LogP contribution is -1.85. The summed E-state index contributed by atoms with van der Waals surface area (Å²) in [4.78, 5) is 0. The quantitative estimate of drug-likeness (QED) is 0.794. The summed E-state index contributed by atoms with van der Waals surface area (Å²) >= 11 is 0. The van der Waals surface area contributed by atoms with Crippen molar-refractivity contribution in [2.24, 2.45) is 0 Å². The van der Waals surface area contributed by atoms with Gasteiger partial charge in [-0.15, -0.1) is 0 Å². The molecule has 0 saturated heterocycles. The monoisotopic (exact) mass is 272 g/mol. The predicted octanol–water partition coefficient (Wildman–Crippen LogP) is 4.62. The lowest BCUT2D eigenvalue weighted by molar-refractivity contribution is 0.414. The van der Waals surface area contributed by atoms with E-state index in [1.165, 1.54) is 22.3 Å². The van der Waals surface area contributed by atoms with Crippen LogP contribution < -0.4 is 9.47 Å². The molecule has 0 bridgehead atoms.